The molecule has 2 fully saturated rings. The van der Waals surface area contributed by atoms with Gasteiger partial charge >= 0.3 is 12.1 Å². The Bertz CT molecular complexity index is 1800. The molecule has 9 nitrogen and oxygen atoms in total. The largest absolute Gasteiger partial charge is 0.497 e. The van der Waals surface area contributed by atoms with Crippen LogP contribution in [0.5, 0.6) is 5.75 Å². The molecule has 2 saturated heterocycles. The van der Waals surface area contributed by atoms with Crippen LogP contribution in [0.4, 0.5) is 52.5 Å². The van der Waals surface area contributed by atoms with Gasteiger partial charge in [-0.2, -0.15) is 10.0 Å². The molecule has 4 aromatic rings. The summed E-state index contributed by atoms with van der Waals surface area (Å²) in [6.07, 6.45) is 6.06. The lowest BCUT2D eigenvalue weighted by molar-refractivity contribution is 0.248. The lowest BCUT2D eigenvalue weighted by atomic mass is 10.0. The number of halogens is 3. The lowest BCUT2D eigenvalue weighted by Gasteiger charge is -2.36. The summed E-state index contributed by atoms with van der Waals surface area (Å²) in [5.74, 6) is -0.419. The standard InChI is InChI=1S/C38H41ClF2N6O3/c1-26-8-4-7-23-45(26)36-19-13-29(24-33(36)40)43-38(49)46(30-14-9-27(39)10-15-30)47(37(48)42-28-11-17-32(50-2)18-12-28)31-16-20-35(34(41)25-31)44-21-5-3-6-22-44/h9-20,24-26H,3-8,21-23H2,1-2H3,(H,42,48)(H,43,49). The Kier molecular flexibility index (Phi) is 10.9. The summed E-state index contributed by atoms with van der Waals surface area (Å²) in [5.41, 5.74) is 1.81. The Hall–Kier alpha value is -5.03. The predicted molar refractivity (Wildman–Crippen MR) is 197 cm³/mol. The van der Waals surface area contributed by atoms with Gasteiger partial charge in [0.1, 0.15) is 17.4 Å². The maximum atomic E-state index is 15.9. The number of hydrogen-bond acceptors (Lipinski definition) is 5. The molecule has 1 unspecified atom stereocenters. The van der Waals surface area contributed by atoms with E-state index < -0.39 is 23.7 Å². The zero-order chi connectivity index (χ0) is 35.2. The van der Waals surface area contributed by atoms with Crippen LogP contribution in [0.15, 0.2) is 84.9 Å². The third-order valence-electron chi connectivity index (χ3n) is 9.18. The Labute approximate surface area is 296 Å². The fourth-order valence-corrected chi connectivity index (χ4v) is 6.67. The Morgan fingerprint density at radius 1 is 0.720 bits per heavy atom. The van der Waals surface area contributed by atoms with E-state index in [1.165, 1.54) is 19.2 Å². The zero-order valence-electron chi connectivity index (χ0n) is 28.2. The number of amides is 4. The molecule has 0 bridgehead atoms. The Morgan fingerprint density at radius 3 is 1.94 bits per heavy atom. The van der Waals surface area contributed by atoms with Crippen molar-refractivity contribution in [1.29, 1.82) is 0 Å². The molecule has 2 aliphatic rings. The first-order valence-corrected chi connectivity index (χ1v) is 17.3. The molecule has 2 N–H and O–H groups in total. The summed E-state index contributed by atoms with van der Waals surface area (Å²) in [7, 11) is 1.54. The number of urea groups is 2. The van der Waals surface area contributed by atoms with Gasteiger partial charge < -0.3 is 25.2 Å². The summed E-state index contributed by atoms with van der Waals surface area (Å²) < 4.78 is 36.7. The number of anilines is 6. The van der Waals surface area contributed by atoms with Crippen molar-refractivity contribution in [3.63, 3.8) is 0 Å². The fraction of sp³-hybridized carbons (Fsp3) is 0.316. The summed E-state index contributed by atoms with van der Waals surface area (Å²) in [5, 5.41) is 8.09. The number of ether oxygens (including phenoxy) is 1. The van der Waals surface area contributed by atoms with Crippen molar-refractivity contribution in [2.24, 2.45) is 0 Å². The van der Waals surface area contributed by atoms with E-state index in [-0.39, 0.29) is 23.1 Å². The molecule has 12 heteroatoms. The number of piperidine rings is 2. The van der Waals surface area contributed by atoms with Crippen LogP contribution in [-0.2, 0) is 0 Å². The van der Waals surface area contributed by atoms with Gasteiger partial charge in [-0.25, -0.2) is 18.4 Å². The molecule has 50 heavy (non-hydrogen) atoms. The van der Waals surface area contributed by atoms with Crippen LogP contribution in [0.25, 0.3) is 0 Å². The van der Waals surface area contributed by atoms with Crippen LogP contribution in [0.2, 0.25) is 5.02 Å². The first kappa shape index (κ1) is 34.8. The number of methoxy groups -OCH3 is 1. The van der Waals surface area contributed by atoms with Gasteiger partial charge in [-0.3, -0.25) is 0 Å². The molecular weight excluding hydrogens is 662 g/mol. The van der Waals surface area contributed by atoms with Crippen molar-refractivity contribution in [2.45, 2.75) is 51.5 Å². The minimum absolute atomic E-state index is 0.0833. The van der Waals surface area contributed by atoms with E-state index >= 15 is 8.78 Å². The molecule has 1 atom stereocenters. The van der Waals surface area contributed by atoms with Gasteiger partial charge in [0.25, 0.3) is 0 Å². The van der Waals surface area contributed by atoms with E-state index in [1.54, 1.807) is 72.8 Å². The second-order valence-electron chi connectivity index (χ2n) is 12.6. The Morgan fingerprint density at radius 2 is 1.30 bits per heavy atom. The number of rotatable bonds is 7. The summed E-state index contributed by atoms with van der Waals surface area (Å²) in [4.78, 5) is 32.6. The highest BCUT2D eigenvalue weighted by molar-refractivity contribution is 6.30. The molecule has 0 aliphatic carbocycles. The average Bonchev–Trinajstić information content (AvgIpc) is 3.12. The third-order valence-corrected chi connectivity index (χ3v) is 9.43. The molecule has 0 aromatic heterocycles. The number of carbonyl (C=O) groups is 2. The number of nitrogens with one attached hydrogen (secondary N) is 2. The first-order valence-electron chi connectivity index (χ1n) is 16.9. The highest BCUT2D eigenvalue weighted by Crippen LogP contribution is 2.33. The molecule has 0 spiro atoms. The van der Waals surface area contributed by atoms with Gasteiger partial charge in [-0.05, 0) is 124 Å². The van der Waals surface area contributed by atoms with E-state index in [0.717, 1.165) is 68.2 Å². The van der Waals surface area contributed by atoms with E-state index in [1.807, 2.05) is 9.80 Å². The third kappa shape index (κ3) is 7.89. The molecule has 0 saturated carbocycles. The van der Waals surface area contributed by atoms with Crippen LogP contribution in [-0.4, -0.2) is 44.8 Å². The normalized spacial score (nSPS) is 16.1. The highest BCUT2D eigenvalue weighted by atomic mass is 35.5. The smallest absolute Gasteiger partial charge is 0.345 e. The van der Waals surface area contributed by atoms with Crippen LogP contribution < -0.4 is 35.2 Å². The van der Waals surface area contributed by atoms with Gasteiger partial charge in [-0.1, -0.05) is 11.6 Å². The summed E-state index contributed by atoms with van der Waals surface area (Å²) in [6.45, 7) is 4.28. The quantitative estimate of drug-likeness (QED) is 0.188. The van der Waals surface area contributed by atoms with E-state index in [4.69, 9.17) is 16.3 Å². The fourth-order valence-electron chi connectivity index (χ4n) is 6.55. The number of benzene rings is 4. The molecule has 2 aliphatic heterocycles. The van der Waals surface area contributed by atoms with Gasteiger partial charge in [0.2, 0.25) is 0 Å². The van der Waals surface area contributed by atoms with E-state index in [9.17, 15) is 9.59 Å². The SMILES string of the molecule is COc1ccc(NC(=O)N(c2ccc(N3CCCCC3)c(F)c2)N(C(=O)Nc2ccc(N3CCCCC3C)c(F)c2)c2ccc(Cl)cc2)cc1. The molecule has 2 heterocycles. The minimum Gasteiger partial charge on any atom is -0.497 e. The Balaban J connectivity index is 1.38. The van der Waals surface area contributed by atoms with Crippen LogP contribution in [0, 0.1) is 11.6 Å². The maximum Gasteiger partial charge on any atom is 0.345 e. The molecule has 262 valence electrons. The molecular formula is C38H41ClF2N6O3. The van der Waals surface area contributed by atoms with Crippen LogP contribution >= 0.6 is 11.6 Å². The second-order valence-corrected chi connectivity index (χ2v) is 13.0. The van der Waals surface area contributed by atoms with E-state index in [2.05, 4.69) is 17.6 Å². The van der Waals surface area contributed by atoms with Crippen molar-refractivity contribution in [3.8, 4) is 5.75 Å². The van der Waals surface area contributed by atoms with E-state index in [0.29, 0.717) is 27.8 Å². The second kappa shape index (κ2) is 15.7. The van der Waals surface area contributed by atoms with Crippen LogP contribution in [0.3, 0.4) is 0 Å². The molecule has 0 radical (unpaired) electrons. The van der Waals surface area contributed by atoms with Crippen molar-refractivity contribution >= 4 is 57.8 Å². The van der Waals surface area contributed by atoms with Gasteiger partial charge in [-0.15, -0.1) is 0 Å². The minimum atomic E-state index is -0.795. The first-order chi connectivity index (χ1) is 24.2. The number of hydrogen-bond donors (Lipinski definition) is 2. The summed E-state index contributed by atoms with van der Waals surface area (Å²) in [6, 6.07) is 20.6. The monoisotopic (exact) mass is 702 g/mol. The maximum absolute atomic E-state index is 15.9. The molecule has 4 aromatic carbocycles. The summed E-state index contributed by atoms with van der Waals surface area (Å²) >= 11 is 6.21. The number of hydrazine groups is 1. The van der Waals surface area contributed by atoms with Crippen molar-refractivity contribution in [3.05, 3.63) is 102 Å². The highest BCUT2D eigenvalue weighted by Gasteiger charge is 2.32. The molecule has 4 amide bonds. The zero-order valence-corrected chi connectivity index (χ0v) is 28.9. The van der Waals surface area contributed by atoms with Crippen molar-refractivity contribution < 1.29 is 23.1 Å². The topological polar surface area (TPSA) is 80.4 Å². The lowest BCUT2D eigenvalue weighted by Crippen LogP contribution is -2.54. The van der Waals surface area contributed by atoms with Crippen molar-refractivity contribution in [1.82, 2.24) is 0 Å². The average molecular weight is 703 g/mol. The number of carbonyl (C=O) groups excluding carboxylic acids is 2. The number of nitrogens with zero attached hydrogens (tertiary/aromatic N) is 4. The van der Waals surface area contributed by atoms with Crippen LogP contribution in [0.1, 0.15) is 45.4 Å². The van der Waals surface area contributed by atoms with Gasteiger partial charge in [0.05, 0.1) is 29.9 Å². The van der Waals surface area contributed by atoms with Crippen molar-refractivity contribution in [2.75, 3.05) is 57.2 Å². The van der Waals surface area contributed by atoms with Gasteiger partial charge in [0.15, 0.2) is 0 Å². The molecule has 6 rings (SSSR count). The predicted octanol–water partition coefficient (Wildman–Crippen LogP) is 9.69. The van der Waals surface area contributed by atoms with Gasteiger partial charge in [0, 0.05) is 48.1 Å².